The molecule has 0 saturated carbocycles. The smallest absolute Gasteiger partial charge is 0.370 e. The van der Waals surface area contributed by atoms with Gasteiger partial charge in [0.05, 0.1) is 11.5 Å². The van der Waals surface area contributed by atoms with Crippen molar-refractivity contribution in [2.75, 3.05) is 18.2 Å². The van der Waals surface area contributed by atoms with Crippen molar-refractivity contribution in [3.63, 3.8) is 0 Å². The molecule has 2 heterocycles. The second-order valence-corrected chi connectivity index (χ2v) is 11.0. The van der Waals surface area contributed by atoms with Gasteiger partial charge in [0.2, 0.25) is 0 Å². The van der Waals surface area contributed by atoms with Crippen LogP contribution in [0.1, 0.15) is 23.1 Å². The number of aliphatic hydroxyl groups is 1. The fourth-order valence-corrected chi connectivity index (χ4v) is 5.03. The monoisotopic (exact) mass is 566 g/mol. The predicted octanol–water partition coefficient (Wildman–Crippen LogP) is 2.70. The summed E-state index contributed by atoms with van der Waals surface area (Å²) in [4.78, 5) is 26.8. The molecule has 0 spiro atoms. The molecule has 2 aliphatic heterocycles. The van der Waals surface area contributed by atoms with Crippen LogP contribution in [0.2, 0.25) is 0 Å². The normalized spacial score (nSPS) is 21.9. The Bertz CT molecular complexity index is 1370. The van der Waals surface area contributed by atoms with Crippen LogP contribution >= 0.6 is 0 Å². The average Bonchev–Trinajstić information content (AvgIpc) is 3.16. The van der Waals surface area contributed by atoms with E-state index < -0.39 is 56.7 Å². The number of hydrogen-bond acceptors (Lipinski definition) is 7. The summed E-state index contributed by atoms with van der Waals surface area (Å²) in [5, 5.41) is 14.6. The van der Waals surface area contributed by atoms with Gasteiger partial charge in [0.15, 0.2) is 21.2 Å². The minimum atomic E-state index is -6.09. The van der Waals surface area contributed by atoms with Crippen LogP contribution in [0.5, 0.6) is 0 Å². The van der Waals surface area contributed by atoms with Crippen LogP contribution < -0.4 is 10.6 Å². The Morgan fingerprint density at radius 1 is 1.05 bits per heavy atom. The highest BCUT2D eigenvalue weighted by Crippen LogP contribution is 2.50. The van der Waals surface area contributed by atoms with E-state index in [1.807, 2.05) is 0 Å². The van der Waals surface area contributed by atoms with E-state index in [1.54, 1.807) is 0 Å². The molecular formula is C23H20F6N2O6S. The molecule has 0 aromatic heterocycles. The number of carbonyl (C=O) groups is 2. The Balaban J connectivity index is 1.70. The second-order valence-electron chi connectivity index (χ2n) is 8.94. The zero-order chi connectivity index (χ0) is 28.3. The van der Waals surface area contributed by atoms with Crippen molar-refractivity contribution >= 4 is 27.2 Å². The van der Waals surface area contributed by atoms with Gasteiger partial charge in [-0.15, -0.1) is 0 Å². The van der Waals surface area contributed by atoms with Crippen LogP contribution in [0, 0.1) is 0 Å². The highest BCUT2D eigenvalue weighted by atomic mass is 32.2. The molecule has 0 bridgehead atoms. The number of halogens is 6. The van der Waals surface area contributed by atoms with E-state index in [-0.39, 0.29) is 29.3 Å². The molecule has 2 unspecified atom stereocenters. The second kappa shape index (κ2) is 9.03. The summed E-state index contributed by atoms with van der Waals surface area (Å²) in [7, 11) is -3.62. The number of anilines is 1. The molecule has 1 fully saturated rings. The maximum absolute atomic E-state index is 13.5. The molecule has 8 nitrogen and oxygen atoms in total. The van der Waals surface area contributed by atoms with Gasteiger partial charge in [-0.3, -0.25) is 14.9 Å². The van der Waals surface area contributed by atoms with Gasteiger partial charge >= 0.3 is 12.4 Å². The van der Waals surface area contributed by atoms with Gasteiger partial charge in [0.25, 0.3) is 11.5 Å². The topological polar surface area (TPSA) is 122 Å². The van der Waals surface area contributed by atoms with E-state index >= 15 is 0 Å². The van der Waals surface area contributed by atoms with Crippen LogP contribution in [0.3, 0.4) is 0 Å². The van der Waals surface area contributed by atoms with Crippen molar-refractivity contribution in [3.05, 3.63) is 59.2 Å². The molecule has 2 aromatic carbocycles. The number of sulfone groups is 1. The highest BCUT2D eigenvalue weighted by molar-refractivity contribution is 7.90. The van der Waals surface area contributed by atoms with Gasteiger partial charge in [-0.25, -0.2) is 8.42 Å². The first-order valence-electron chi connectivity index (χ1n) is 10.9. The van der Waals surface area contributed by atoms with Crippen LogP contribution in [0.25, 0.3) is 0 Å². The number of hydrogen-bond donors (Lipinski definition) is 3. The molecule has 2 atom stereocenters. The van der Waals surface area contributed by atoms with Crippen molar-refractivity contribution in [1.82, 2.24) is 5.32 Å². The Morgan fingerprint density at radius 2 is 1.63 bits per heavy atom. The summed E-state index contributed by atoms with van der Waals surface area (Å²) in [5.41, 5.74) is -8.57. The Kier molecular flexibility index (Phi) is 6.66. The molecule has 15 heteroatoms. The number of ketones is 1. The maximum atomic E-state index is 13.5. The SMILES string of the molecule is CS(=O)(=O)c1ccc2c(c1)CNC2(C(=O)Nc1ccc(C(O)(C(F)(F)F)C(F)(F)F)cc1)C(=O)C1CCO1. The van der Waals surface area contributed by atoms with Crippen molar-refractivity contribution < 1.29 is 54.2 Å². The summed E-state index contributed by atoms with van der Waals surface area (Å²) in [6, 6.07) is 5.95. The number of ether oxygens (including phenoxy) is 1. The lowest BCUT2D eigenvalue weighted by Crippen LogP contribution is -2.59. The summed E-state index contributed by atoms with van der Waals surface area (Å²) < 4.78 is 108. The minimum Gasteiger partial charge on any atom is -0.370 e. The van der Waals surface area contributed by atoms with E-state index in [0.29, 0.717) is 24.1 Å². The molecule has 1 amide bonds. The number of Topliss-reactive ketones (excluding diaryl/α,β-unsaturated/α-hetero) is 1. The fraction of sp³-hybridized carbons (Fsp3) is 0.391. The molecule has 0 aliphatic carbocycles. The molecule has 2 aliphatic rings. The van der Waals surface area contributed by atoms with Gasteiger partial charge < -0.3 is 15.2 Å². The molecule has 1 saturated heterocycles. The molecule has 0 radical (unpaired) electrons. The Labute approximate surface area is 211 Å². The third-order valence-electron chi connectivity index (χ3n) is 6.54. The lowest BCUT2D eigenvalue weighted by atomic mass is 9.81. The minimum absolute atomic E-state index is 0.0565. The first-order chi connectivity index (χ1) is 17.4. The van der Waals surface area contributed by atoms with Crippen LogP contribution in [0.4, 0.5) is 32.0 Å². The fourth-order valence-electron chi connectivity index (χ4n) is 4.36. The lowest BCUT2D eigenvalue weighted by molar-refractivity contribution is -0.376. The van der Waals surface area contributed by atoms with Crippen molar-refractivity contribution in [3.8, 4) is 0 Å². The average molecular weight is 566 g/mol. The van der Waals surface area contributed by atoms with E-state index in [0.717, 1.165) is 18.4 Å². The van der Waals surface area contributed by atoms with Gasteiger partial charge in [0.1, 0.15) is 6.10 Å². The first kappa shape index (κ1) is 28.0. The summed E-state index contributed by atoms with van der Waals surface area (Å²) in [5.74, 6) is -1.72. The summed E-state index contributed by atoms with van der Waals surface area (Å²) >= 11 is 0. The van der Waals surface area contributed by atoms with Crippen molar-refractivity contribution in [2.45, 2.75) is 47.5 Å². The van der Waals surface area contributed by atoms with Gasteiger partial charge in [-0.2, -0.15) is 26.3 Å². The third kappa shape index (κ3) is 4.36. The zero-order valence-corrected chi connectivity index (χ0v) is 20.2. The molecule has 206 valence electrons. The van der Waals surface area contributed by atoms with Crippen molar-refractivity contribution in [2.24, 2.45) is 0 Å². The van der Waals surface area contributed by atoms with Crippen molar-refractivity contribution in [1.29, 1.82) is 0 Å². The van der Waals surface area contributed by atoms with E-state index in [4.69, 9.17) is 4.74 Å². The van der Waals surface area contributed by atoms with E-state index in [1.165, 1.54) is 18.2 Å². The Hall–Kier alpha value is -3.01. The maximum Gasteiger partial charge on any atom is 0.430 e. The quantitative estimate of drug-likeness (QED) is 0.363. The first-order valence-corrected chi connectivity index (χ1v) is 12.8. The molecule has 38 heavy (non-hydrogen) atoms. The number of benzene rings is 2. The predicted molar refractivity (Wildman–Crippen MR) is 119 cm³/mol. The molecular weight excluding hydrogens is 546 g/mol. The third-order valence-corrected chi connectivity index (χ3v) is 7.65. The number of fused-ring (bicyclic) bond motifs is 1. The summed E-state index contributed by atoms with van der Waals surface area (Å²) in [6.07, 6.45) is -11.9. The van der Waals surface area contributed by atoms with E-state index in [2.05, 4.69) is 10.6 Å². The van der Waals surface area contributed by atoms with Crippen LogP contribution in [-0.4, -0.2) is 56.5 Å². The highest BCUT2D eigenvalue weighted by Gasteiger charge is 2.71. The molecule has 2 aromatic rings. The van der Waals surface area contributed by atoms with E-state index in [9.17, 15) is 49.5 Å². The number of rotatable bonds is 6. The number of carbonyl (C=O) groups excluding carboxylic acids is 2. The standard InChI is InChI=1S/C23H20F6N2O6S/c1-38(35,36)15-6-7-16-12(10-15)11-30-20(16,18(32)17-8-9-37-17)19(33)31-14-4-2-13(3-5-14)21(34,22(24,25)26)23(27,28)29/h2-7,10,17,30,34H,8-9,11H2,1H3,(H,31,33). The van der Waals surface area contributed by atoms with Crippen LogP contribution in [0.15, 0.2) is 47.4 Å². The molecule has 3 N–H and O–H groups in total. The summed E-state index contributed by atoms with van der Waals surface area (Å²) in [6.45, 7) is 0.171. The molecule has 4 rings (SSSR count). The van der Waals surface area contributed by atoms with Gasteiger partial charge in [0, 0.05) is 30.5 Å². The van der Waals surface area contributed by atoms with Crippen LogP contribution in [-0.2, 0) is 41.8 Å². The zero-order valence-electron chi connectivity index (χ0n) is 19.4. The van der Waals surface area contributed by atoms with Gasteiger partial charge in [-0.1, -0.05) is 18.2 Å². The lowest BCUT2D eigenvalue weighted by Gasteiger charge is -2.35. The van der Waals surface area contributed by atoms with Gasteiger partial charge in [-0.05, 0) is 35.4 Å². The Morgan fingerprint density at radius 3 is 2.11 bits per heavy atom. The number of amides is 1. The largest absolute Gasteiger partial charge is 0.430 e. The number of alkyl halides is 6. The number of nitrogens with one attached hydrogen (secondary N) is 2.